The summed E-state index contributed by atoms with van der Waals surface area (Å²) in [6.45, 7) is 2.54. The third-order valence-electron chi connectivity index (χ3n) is 3.78. The summed E-state index contributed by atoms with van der Waals surface area (Å²) in [5, 5.41) is 13.6. The maximum Gasteiger partial charge on any atom is 0.163 e. The molecule has 7 heteroatoms. The molecule has 0 amide bonds. The smallest absolute Gasteiger partial charge is 0.163 e. The summed E-state index contributed by atoms with van der Waals surface area (Å²) in [5.74, 6) is 2.87. The molecule has 1 aromatic carbocycles. The van der Waals surface area contributed by atoms with Crippen molar-refractivity contribution >= 4 is 17.5 Å². The SMILES string of the molecule is CNc1nc(-c2ccccc2)nc(Nc2cc(C)[nH]n2)c1CCOC. The largest absolute Gasteiger partial charge is 0.384 e. The number of aryl methyl sites for hydroxylation is 1. The predicted molar refractivity (Wildman–Crippen MR) is 99.2 cm³/mol. The Hall–Kier alpha value is -2.93. The number of methoxy groups -OCH3 is 1. The van der Waals surface area contributed by atoms with Crippen LogP contribution in [0.4, 0.5) is 17.5 Å². The molecule has 0 radical (unpaired) electrons. The molecule has 0 unspecified atom stereocenters. The molecule has 3 rings (SSSR count). The van der Waals surface area contributed by atoms with E-state index in [0.29, 0.717) is 18.9 Å². The van der Waals surface area contributed by atoms with Crippen molar-refractivity contribution in [2.75, 3.05) is 31.4 Å². The number of nitrogens with one attached hydrogen (secondary N) is 3. The first-order valence-corrected chi connectivity index (χ1v) is 8.13. The molecule has 0 aliphatic rings. The number of nitrogens with zero attached hydrogens (tertiary/aromatic N) is 3. The van der Waals surface area contributed by atoms with Crippen molar-refractivity contribution in [2.45, 2.75) is 13.3 Å². The molecule has 130 valence electrons. The van der Waals surface area contributed by atoms with Crippen LogP contribution in [0.3, 0.4) is 0 Å². The second-order valence-electron chi connectivity index (χ2n) is 5.64. The second kappa shape index (κ2) is 7.76. The lowest BCUT2D eigenvalue weighted by molar-refractivity contribution is 0.202. The summed E-state index contributed by atoms with van der Waals surface area (Å²) in [6, 6.07) is 11.8. The lowest BCUT2D eigenvalue weighted by atomic mass is 10.1. The van der Waals surface area contributed by atoms with E-state index in [1.165, 1.54) is 0 Å². The summed E-state index contributed by atoms with van der Waals surface area (Å²) >= 11 is 0. The molecule has 0 saturated carbocycles. The van der Waals surface area contributed by atoms with Gasteiger partial charge in [-0.3, -0.25) is 5.10 Å². The van der Waals surface area contributed by atoms with Crippen LogP contribution in [0.25, 0.3) is 11.4 Å². The molecule has 0 spiro atoms. The number of hydrogen-bond acceptors (Lipinski definition) is 6. The van der Waals surface area contributed by atoms with E-state index in [4.69, 9.17) is 9.72 Å². The van der Waals surface area contributed by atoms with Crippen molar-refractivity contribution in [2.24, 2.45) is 0 Å². The van der Waals surface area contributed by atoms with Gasteiger partial charge in [0.25, 0.3) is 0 Å². The number of aromatic nitrogens is 4. The van der Waals surface area contributed by atoms with E-state index in [2.05, 4.69) is 25.8 Å². The average molecular weight is 338 g/mol. The number of anilines is 3. The molecule has 2 heterocycles. The summed E-state index contributed by atoms with van der Waals surface area (Å²) in [6.07, 6.45) is 0.688. The highest BCUT2D eigenvalue weighted by molar-refractivity contribution is 5.68. The highest BCUT2D eigenvalue weighted by atomic mass is 16.5. The third kappa shape index (κ3) is 3.95. The van der Waals surface area contributed by atoms with Crippen LogP contribution in [0.5, 0.6) is 0 Å². The molecule has 3 N–H and O–H groups in total. The molecular formula is C18H22N6O. The van der Waals surface area contributed by atoms with Gasteiger partial charge < -0.3 is 15.4 Å². The number of aromatic amines is 1. The van der Waals surface area contributed by atoms with Gasteiger partial charge in [0.2, 0.25) is 0 Å². The van der Waals surface area contributed by atoms with Crippen LogP contribution >= 0.6 is 0 Å². The summed E-state index contributed by atoms with van der Waals surface area (Å²) < 4.78 is 5.24. The molecule has 0 fully saturated rings. The lowest BCUT2D eigenvalue weighted by Crippen LogP contribution is -2.10. The summed E-state index contributed by atoms with van der Waals surface area (Å²) in [4.78, 5) is 9.41. The number of H-pyrrole nitrogens is 1. The van der Waals surface area contributed by atoms with E-state index >= 15 is 0 Å². The van der Waals surface area contributed by atoms with E-state index in [1.807, 2.05) is 50.4 Å². The minimum atomic E-state index is 0.580. The van der Waals surface area contributed by atoms with Crippen molar-refractivity contribution in [3.8, 4) is 11.4 Å². The molecule has 0 aliphatic heterocycles. The van der Waals surface area contributed by atoms with Crippen molar-refractivity contribution in [3.05, 3.63) is 47.7 Å². The Morgan fingerprint density at radius 3 is 2.52 bits per heavy atom. The minimum Gasteiger partial charge on any atom is -0.384 e. The van der Waals surface area contributed by atoms with Crippen molar-refractivity contribution in [3.63, 3.8) is 0 Å². The molecule has 3 aromatic rings. The Bertz CT molecular complexity index is 831. The van der Waals surface area contributed by atoms with Crippen molar-refractivity contribution < 1.29 is 4.74 Å². The monoisotopic (exact) mass is 338 g/mol. The molecule has 25 heavy (non-hydrogen) atoms. The Labute approximate surface area is 146 Å². The maximum atomic E-state index is 5.24. The molecule has 0 saturated heterocycles. The Morgan fingerprint density at radius 1 is 1.12 bits per heavy atom. The van der Waals surface area contributed by atoms with Crippen molar-refractivity contribution in [1.82, 2.24) is 20.2 Å². The molecule has 2 aromatic heterocycles. The Morgan fingerprint density at radius 2 is 1.88 bits per heavy atom. The average Bonchev–Trinajstić information content (AvgIpc) is 3.05. The number of hydrogen-bond donors (Lipinski definition) is 3. The van der Waals surface area contributed by atoms with Crippen LogP contribution in [0.1, 0.15) is 11.3 Å². The van der Waals surface area contributed by atoms with E-state index < -0.39 is 0 Å². The van der Waals surface area contributed by atoms with Gasteiger partial charge in [-0.25, -0.2) is 9.97 Å². The van der Waals surface area contributed by atoms with E-state index in [1.54, 1.807) is 7.11 Å². The van der Waals surface area contributed by atoms with Crippen LogP contribution < -0.4 is 10.6 Å². The highest BCUT2D eigenvalue weighted by Gasteiger charge is 2.16. The fourth-order valence-corrected chi connectivity index (χ4v) is 2.55. The van der Waals surface area contributed by atoms with Gasteiger partial charge in [-0.15, -0.1) is 0 Å². The summed E-state index contributed by atoms with van der Waals surface area (Å²) in [7, 11) is 3.54. The third-order valence-corrected chi connectivity index (χ3v) is 3.78. The Kier molecular flexibility index (Phi) is 5.25. The van der Waals surface area contributed by atoms with Crippen molar-refractivity contribution in [1.29, 1.82) is 0 Å². The molecule has 0 bridgehead atoms. The van der Waals surface area contributed by atoms with Gasteiger partial charge >= 0.3 is 0 Å². The van der Waals surface area contributed by atoms with E-state index in [0.717, 1.165) is 34.3 Å². The first-order chi connectivity index (χ1) is 12.2. The van der Waals surface area contributed by atoms with Crippen LogP contribution in [-0.2, 0) is 11.2 Å². The maximum absolute atomic E-state index is 5.24. The normalized spacial score (nSPS) is 10.7. The van der Waals surface area contributed by atoms with Gasteiger partial charge in [0.15, 0.2) is 11.6 Å². The van der Waals surface area contributed by atoms with Gasteiger partial charge in [0, 0.05) is 43.5 Å². The topological polar surface area (TPSA) is 87.8 Å². The highest BCUT2D eigenvalue weighted by Crippen LogP contribution is 2.28. The number of ether oxygens (including phenoxy) is 1. The number of benzene rings is 1. The van der Waals surface area contributed by atoms with Gasteiger partial charge in [-0.1, -0.05) is 30.3 Å². The lowest BCUT2D eigenvalue weighted by Gasteiger charge is -2.15. The van der Waals surface area contributed by atoms with E-state index in [-0.39, 0.29) is 0 Å². The van der Waals surface area contributed by atoms with Gasteiger partial charge in [-0.2, -0.15) is 5.10 Å². The zero-order valence-electron chi connectivity index (χ0n) is 14.6. The summed E-state index contributed by atoms with van der Waals surface area (Å²) in [5.41, 5.74) is 2.90. The first-order valence-electron chi connectivity index (χ1n) is 8.13. The van der Waals surface area contributed by atoms with E-state index in [9.17, 15) is 0 Å². The Balaban J connectivity index is 2.06. The quantitative estimate of drug-likeness (QED) is 0.613. The fourth-order valence-electron chi connectivity index (χ4n) is 2.55. The van der Waals surface area contributed by atoms with Crippen LogP contribution in [0.2, 0.25) is 0 Å². The van der Waals surface area contributed by atoms with Gasteiger partial charge in [0.1, 0.15) is 11.6 Å². The standard InChI is InChI=1S/C18H22N6O/c1-12-11-15(24-23-12)20-18-14(9-10-25-3)17(19-2)21-16(22-18)13-7-5-4-6-8-13/h4-8,11H,9-10H2,1-3H3,(H3,19,20,21,22,23,24). The molecular weight excluding hydrogens is 316 g/mol. The van der Waals surface area contributed by atoms with Crippen LogP contribution in [0.15, 0.2) is 36.4 Å². The van der Waals surface area contributed by atoms with Crippen LogP contribution in [0, 0.1) is 6.92 Å². The van der Waals surface area contributed by atoms with Crippen LogP contribution in [-0.4, -0.2) is 40.9 Å². The van der Waals surface area contributed by atoms with Gasteiger partial charge in [-0.05, 0) is 6.92 Å². The first kappa shape index (κ1) is 16.9. The number of rotatable bonds is 7. The fraction of sp³-hybridized carbons (Fsp3) is 0.278. The zero-order valence-corrected chi connectivity index (χ0v) is 14.6. The molecule has 0 atom stereocenters. The second-order valence-corrected chi connectivity index (χ2v) is 5.64. The van der Waals surface area contributed by atoms with Gasteiger partial charge in [0.05, 0.1) is 6.61 Å². The molecule has 0 aliphatic carbocycles. The molecule has 7 nitrogen and oxygen atoms in total. The zero-order chi connectivity index (χ0) is 17.6. The predicted octanol–water partition coefficient (Wildman–Crippen LogP) is 3.15. The minimum absolute atomic E-state index is 0.580.